The number of aryl methyl sites for hydroxylation is 1. The van der Waals surface area contributed by atoms with Crippen molar-refractivity contribution in [1.29, 1.82) is 0 Å². The van der Waals surface area contributed by atoms with Gasteiger partial charge >= 0.3 is 12.1 Å². The normalized spacial score (nSPS) is 19.2. The summed E-state index contributed by atoms with van der Waals surface area (Å²) in [7, 11) is 1.79. The second kappa shape index (κ2) is 5.76. The van der Waals surface area contributed by atoms with Crippen LogP contribution in [0.5, 0.6) is 0 Å². The Morgan fingerprint density at radius 2 is 2.17 bits per heavy atom. The number of carbonyl (C=O) groups is 1. The standard InChI is InChI=1S/C6H11N5.C2HF3O2/c1-11-9-6(8-10-11)5-2-3-7-4-5;3-2(4,5)1(6)7/h5,7H,2-4H2,1H3;(H,6,7)/t5-;/m1./s1. The monoisotopic (exact) mass is 267 g/mol. The maximum absolute atomic E-state index is 10.6. The minimum atomic E-state index is -5.08. The molecule has 18 heavy (non-hydrogen) atoms. The van der Waals surface area contributed by atoms with E-state index in [4.69, 9.17) is 9.90 Å². The zero-order valence-corrected chi connectivity index (χ0v) is 9.48. The Bertz CT molecular complexity index is 400. The van der Waals surface area contributed by atoms with Gasteiger partial charge in [0.2, 0.25) is 0 Å². The lowest BCUT2D eigenvalue weighted by molar-refractivity contribution is -0.192. The van der Waals surface area contributed by atoms with Crippen LogP contribution in [0.3, 0.4) is 0 Å². The average molecular weight is 267 g/mol. The Hall–Kier alpha value is -1.71. The van der Waals surface area contributed by atoms with Crippen LogP contribution >= 0.6 is 0 Å². The molecule has 2 heterocycles. The van der Waals surface area contributed by atoms with Crippen molar-refractivity contribution in [2.24, 2.45) is 7.05 Å². The molecule has 1 fully saturated rings. The molecule has 1 saturated heterocycles. The summed E-state index contributed by atoms with van der Waals surface area (Å²) in [5, 5.41) is 22.3. The van der Waals surface area contributed by atoms with Gasteiger partial charge in [0, 0.05) is 12.5 Å². The van der Waals surface area contributed by atoms with Crippen molar-refractivity contribution in [3.63, 3.8) is 0 Å². The molecule has 2 rings (SSSR count). The number of nitrogens with one attached hydrogen (secondary N) is 1. The highest BCUT2D eigenvalue weighted by Crippen LogP contribution is 2.16. The van der Waals surface area contributed by atoms with Gasteiger partial charge in [0.05, 0.1) is 7.05 Å². The number of hydrogen-bond donors (Lipinski definition) is 2. The molecule has 2 N–H and O–H groups in total. The molecule has 10 heteroatoms. The second-order valence-electron chi connectivity index (χ2n) is 3.63. The molecule has 0 aromatic carbocycles. The topological polar surface area (TPSA) is 92.9 Å². The maximum atomic E-state index is 10.6. The summed E-state index contributed by atoms with van der Waals surface area (Å²) in [5.74, 6) is -1.41. The van der Waals surface area contributed by atoms with Crippen LogP contribution in [0, 0.1) is 0 Å². The molecule has 0 bridgehead atoms. The Morgan fingerprint density at radius 1 is 1.56 bits per heavy atom. The van der Waals surface area contributed by atoms with Crippen LogP contribution in [-0.2, 0) is 11.8 Å². The van der Waals surface area contributed by atoms with E-state index in [1.807, 2.05) is 0 Å². The first-order chi connectivity index (χ1) is 8.30. The van der Waals surface area contributed by atoms with E-state index in [1.54, 1.807) is 7.05 Å². The highest BCUT2D eigenvalue weighted by molar-refractivity contribution is 5.73. The molecule has 1 aliphatic heterocycles. The lowest BCUT2D eigenvalue weighted by Crippen LogP contribution is -2.21. The van der Waals surface area contributed by atoms with Gasteiger partial charge in [-0.15, -0.1) is 10.2 Å². The minimum Gasteiger partial charge on any atom is -0.475 e. The molecule has 0 unspecified atom stereocenters. The molecule has 1 aromatic heterocycles. The van der Waals surface area contributed by atoms with E-state index >= 15 is 0 Å². The summed E-state index contributed by atoms with van der Waals surface area (Å²) in [4.78, 5) is 10.4. The van der Waals surface area contributed by atoms with Crippen molar-refractivity contribution in [3.05, 3.63) is 5.82 Å². The van der Waals surface area contributed by atoms with Crippen molar-refractivity contribution in [2.45, 2.75) is 18.5 Å². The lowest BCUT2D eigenvalue weighted by atomic mass is 10.1. The SMILES string of the molecule is Cn1nnc([C@@H]2CCNC2)n1.O=C(O)C(F)(F)F. The molecule has 1 aliphatic rings. The van der Waals surface area contributed by atoms with Crippen LogP contribution in [0.2, 0.25) is 0 Å². The fourth-order valence-corrected chi connectivity index (χ4v) is 1.34. The number of aliphatic carboxylic acids is 1. The molecular weight excluding hydrogens is 255 g/mol. The third kappa shape index (κ3) is 4.28. The van der Waals surface area contributed by atoms with Crippen LogP contribution < -0.4 is 5.32 Å². The molecular formula is C8H12F3N5O2. The number of tetrazole rings is 1. The Morgan fingerprint density at radius 3 is 2.50 bits per heavy atom. The van der Waals surface area contributed by atoms with Gasteiger partial charge in [0.15, 0.2) is 5.82 Å². The van der Waals surface area contributed by atoms with Crippen LogP contribution in [-0.4, -0.2) is 50.5 Å². The first-order valence-corrected chi connectivity index (χ1v) is 5.05. The van der Waals surface area contributed by atoms with E-state index in [1.165, 1.54) is 4.80 Å². The number of rotatable bonds is 1. The average Bonchev–Trinajstić information content (AvgIpc) is 2.86. The van der Waals surface area contributed by atoms with E-state index in [2.05, 4.69) is 20.7 Å². The van der Waals surface area contributed by atoms with Crippen molar-refractivity contribution >= 4 is 5.97 Å². The zero-order chi connectivity index (χ0) is 13.8. The molecule has 1 aromatic rings. The van der Waals surface area contributed by atoms with E-state index < -0.39 is 12.1 Å². The molecule has 102 valence electrons. The predicted octanol–water partition coefficient (Wildman–Crippen LogP) is -0.0797. The van der Waals surface area contributed by atoms with Crippen LogP contribution in [0.4, 0.5) is 13.2 Å². The summed E-state index contributed by atoms with van der Waals surface area (Å²) in [6, 6.07) is 0. The smallest absolute Gasteiger partial charge is 0.475 e. The van der Waals surface area contributed by atoms with Crippen molar-refractivity contribution in [1.82, 2.24) is 25.5 Å². The van der Waals surface area contributed by atoms with Gasteiger partial charge in [0.25, 0.3) is 0 Å². The van der Waals surface area contributed by atoms with Gasteiger partial charge in [-0.25, -0.2) is 4.79 Å². The number of halogens is 3. The summed E-state index contributed by atoms with van der Waals surface area (Å²) in [6.07, 6.45) is -3.95. The Balaban J connectivity index is 0.000000203. The quantitative estimate of drug-likeness (QED) is 0.739. The third-order valence-corrected chi connectivity index (χ3v) is 2.19. The summed E-state index contributed by atoms with van der Waals surface area (Å²) in [6.45, 7) is 2.06. The number of carboxylic acids is 1. The molecule has 0 amide bonds. The van der Waals surface area contributed by atoms with Gasteiger partial charge < -0.3 is 10.4 Å². The number of hydrogen-bond acceptors (Lipinski definition) is 5. The van der Waals surface area contributed by atoms with E-state index in [0.717, 1.165) is 25.3 Å². The highest BCUT2D eigenvalue weighted by Gasteiger charge is 2.38. The fraction of sp³-hybridized carbons (Fsp3) is 0.750. The molecule has 0 aliphatic carbocycles. The van der Waals surface area contributed by atoms with Crippen molar-refractivity contribution in [3.8, 4) is 0 Å². The van der Waals surface area contributed by atoms with Crippen LogP contribution in [0.25, 0.3) is 0 Å². The molecule has 7 nitrogen and oxygen atoms in total. The number of carboxylic acid groups (broad SMARTS) is 1. The fourth-order valence-electron chi connectivity index (χ4n) is 1.34. The summed E-state index contributed by atoms with van der Waals surface area (Å²) in [5.41, 5.74) is 0. The van der Waals surface area contributed by atoms with Gasteiger partial charge in [-0.2, -0.15) is 18.0 Å². The van der Waals surface area contributed by atoms with Gasteiger partial charge in [0.1, 0.15) is 0 Å². The maximum Gasteiger partial charge on any atom is 0.490 e. The van der Waals surface area contributed by atoms with Crippen molar-refractivity contribution in [2.75, 3.05) is 13.1 Å². The van der Waals surface area contributed by atoms with E-state index in [9.17, 15) is 13.2 Å². The number of nitrogens with zero attached hydrogens (tertiary/aromatic N) is 4. The zero-order valence-electron chi connectivity index (χ0n) is 9.48. The largest absolute Gasteiger partial charge is 0.490 e. The molecule has 0 spiro atoms. The minimum absolute atomic E-state index is 0.476. The van der Waals surface area contributed by atoms with Gasteiger partial charge in [-0.1, -0.05) is 0 Å². The van der Waals surface area contributed by atoms with Crippen LogP contribution in [0.1, 0.15) is 18.2 Å². The molecule has 1 atom stereocenters. The Labute approximate surface area is 100.0 Å². The third-order valence-electron chi connectivity index (χ3n) is 2.19. The second-order valence-corrected chi connectivity index (χ2v) is 3.63. The first-order valence-electron chi connectivity index (χ1n) is 5.05. The van der Waals surface area contributed by atoms with E-state index in [0.29, 0.717) is 5.92 Å². The number of aromatic nitrogens is 4. The van der Waals surface area contributed by atoms with Crippen LogP contribution in [0.15, 0.2) is 0 Å². The predicted molar refractivity (Wildman–Crippen MR) is 52.7 cm³/mol. The highest BCUT2D eigenvalue weighted by atomic mass is 19.4. The first kappa shape index (κ1) is 14.4. The van der Waals surface area contributed by atoms with Crippen molar-refractivity contribution < 1.29 is 23.1 Å². The molecule has 0 radical (unpaired) electrons. The Kier molecular flexibility index (Phi) is 4.59. The molecule has 0 saturated carbocycles. The number of alkyl halides is 3. The summed E-state index contributed by atoms with van der Waals surface area (Å²) < 4.78 is 31.7. The lowest BCUT2D eigenvalue weighted by Gasteiger charge is -1.98. The summed E-state index contributed by atoms with van der Waals surface area (Å²) >= 11 is 0. The van der Waals surface area contributed by atoms with Gasteiger partial charge in [-0.05, 0) is 18.2 Å². The van der Waals surface area contributed by atoms with Gasteiger partial charge in [-0.3, -0.25) is 0 Å². The van der Waals surface area contributed by atoms with E-state index in [-0.39, 0.29) is 0 Å².